The van der Waals surface area contributed by atoms with Crippen LogP contribution in [0.1, 0.15) is 13.3 Å². The van der Waals surface area contributed by atoms with E-state index in [1.54, 1.807) is 6.92 Å². The van der Waals surface area contributed by atoms with Crippen molar-refractivity contribution in [1.82, 2.24) is 5.32 Å². The summed E-state index contributed by atoms with van der Waals surface area (Å²) in [5.74, 6) is -1.91. The number of carboxylic acid groups (broad SMARTS) is 1. The Morgan fingerprint density at radius 1 is 1.50 bits per heavy atom. The van der Waals surface area contributed by atoms with Gasteiger partial charge < -0.3 is 21.3 Å². The van der Waals surface area contributed by atoms with E-state index in [4.69, 9.17) is 15.9 Å². The fraction of sp³-hybridized carbons (Fsp3) is 0.750. The van der Waals surface area contributed by atoms with E-state index in [-0.39, 0.29) is 18.4 Å². The van der Waals surface area contributed by atoms with E-state index in [0.717, 1.165) is 0 Å². The summed E-state index contributed by atoms with van der Waals surface area (Å²) in [6, 6.07) is 0. The third-order valence-electron chi connectivity index (χ3n) is 1.80. The van der Waals surface area contributed by atoms with Crippen molar-refractivity contribution in [2.75, 3.05) is 13.1 Å². The third kappa shape index (κ3) is 4.78. The topological polar surface area (TPSA) is 113 Å². The van der Waals surface area contributed by atoms with Gasteiger partial charge in [0.1, 0.15) is 0 Å². The van der Waals surface area contributed by atoms with Gasteiger partial charge in [0.25, 0.3) is 0 Å². The highest BCUT2D eigenvalue weighted by atomic mass is 16.4. The lowest BCUT2D eigenvalue weighted by atomic mass is 10.1. The van der Waals surface area contributed by atoms with Crippen LogP contribution >= 0.6 is 0 Å². The highest BCUT2D eigenvalue weighted by Crippen LogP contribution is 1.99. The SMILES string of the molecule is CC(CCN)C(=O)NCC(O)C(=O)O. The Kier molecular flexibility index (Phi) is 5.82. The summed E-state index contributed by atoms with van der Waals surface area (Å²) in [7, 11) is 0. The Morgan fingerprint density at radius 3 is 2.50 bits per heavy atom. The molecule has 0 fully saturated rings. The van der Waals surface area contributed by atoms with Crippen molar-refractivity contribution >= 4 is 11.9 Å². The predicted octanol–water partition coefficient (Wildman–Crippen LogP) is -1.47. The van der Waals surface area contributed by atoms with Gasteiger partial charge in [-0.25, -0.2) is 4.79 Å². The smallest absolute Gasteiger partial charge is 0.334 e. The van der Waals surface area contributed by atoms with Crippen molar-refractivity contribution in [3.05, 3.63) is 0 Å². The van der Waals surface area contributed by atoms with E-state index in [1.807, 2.05) is 0 Å². The van der Waals surface area contributed by atoms with Crippen LogP contribution in [0.25, 0.3) is 0 Å². The zero-order valence-electron chi connectivity index (χ0n) is 8.06. The number of hydrogen-bond acceptors (Lipinski definition) is 4. The summed E-state index contributed by atoms with van der Waals surface area (Å²) in [5, 5.41) is 19.5. The van der Waals surface area contributed by atoms with Crippen LogP contribution in [0.4, 0.5) is 0 Å². The molecule has 0 aromatic heterocycles. The Morgan fingerprint density at radius 2 is 2.07 bits per heavy atom. The first-order valence-electron chi connectivity index (χ1n) is 4.37. The maximum Gasteiger partial charge on any atom is 0.334 e. The predicted molar refractivity (Wildman–Crippen MR) is 49.5 cm³/mol. The minimum Gasteiger partial charge on any atom is -0.479 e. The van der Waals surface area contributed by atoms with E-state index in [2.05, 4.69) is 5.32 Å². The van der Waals surface area contributed by atoms with Gasteiger partial charge in [-0.15, -0.1) is 0 Å². The summed E-state index contributed by atoms with van der Waals surface area (Å²) >= 11 is 0. The first-order valence-corrected chi connectivity index (χ1v) is 4.37. The molecule has 0 saturated carbocycles. The monoisotopic (exact) mass is 204 g/mol. The van der Waals surface area contributed by atoms with Gasteiger partial charge >= 0.3 is 5.97 Å². The van der Waals surface area contributed by atoms with E-state index in [9.17, 15) is 9.59 Å². The third-order valence-corrected chi connectivity index (χ3v) is 1.80. The van der Waals surface area contributed by atoms with Crippen molar-refractivity contribution in [2.24, 2.45) is 11.7 Å². The molecular weight excluding hydrogens is 188 g/mol. The average Bonchev–Trinajstić information content (AvgIpc) is 2.13. The number of carboxylic acids is 1. The Balaban J connectivity index is 3.78. The molecule has 0 aliphatic heterocycles. The van der Waals surface area contributed by atoms with Crippen LogP contribution in [0.15, 0.2) is 0 Å². The standard InChI is InChI=1S/C8H16N2O4/c1-5(2-3-9)7(12)10-4-6(11)8(13)14/h5-6,11H,2-4,9H2,1H3,(H,10,12)(H,13,14). The Bertz CT molecular complexity index is 208. The molecule has 0 spiro atoms. The molecular formula is C8H16N2O4. The molecule has 0 aliphatic rings. The fourth-order valence-electron chi connectivity index (χ4n) is 0.840. The molecule has 0 aliphatic carbocycles. The average molecular weight is 204 g/mol. The van der Waals surface area contributed by atoms with Crippen LogP contribution in [0.5, 0.6) is 0 Å². The molecule has 2 unspecified atom stereocenters. The van der Waals surface area contributed by atoms with Gasteiger partial charge in [0.15, 0.2) is 6.10 Å². The number of carbonyl (C=O) groups is 2. The summed E-state index contributed by atoms with van der Waals surface area (Å²) < 4.78 is 0. The lowest BCUT2D eigenvalue weighted by Gasteiger charge is -2.12. The van der Waals surface area contributed by atoms with Crippen molar-refractivity contribution in [3.8, 4) is 0 Å². The zero-order chi connectivity index (χ0) is 11.1. The molecule has 0 rings (SSSR count). The molecule has 6 nitrogen and oxygen atoms in total. The molecule has 0 heterocycles. The largest absolute Gasteiger partial charge is 0.479 e. The second-order valence-corrected chi connectivity index (χ2v) is 3.08. The summed E-state index contributed by atoms with van der Waals surface area (Å²) in [6.07, 6.45) is -1.02. The number of aliphatic hydroxyl groups excluding tert-OH is 1. The molecule has 0 radical (unpaired) electrons. The molecule has 0 bridgehead atoms. The normalized spacial score (nSPS) is 14.5. The van der Waals surface area contributed by atoms with Crippen LogP contribution in [0.3, 0.4) is 0 Å². The highest BCUT2D eigenvalue weighted by molar-refractivity contribution is 5.79. The number of amides is 1. The number of rotatable bonds is 6. The van der Waals surface area contributed by atoms with Gasteiger partial charge in [0.2, 0.25) is 5.91 Å². The minimum atomic E-state index is -1.55. The van der Waals surface area contributed by atoms with Crippen LogP contribution in [0.2, 0.25) is 0 Å². The molecule has 0 aromatic rings. The molecule has 5 N–H and O–H groups in total. The van der Waals surface area contributed by atoms with Crippen LogP contribution < -0.4 is 11.1 Å². The zero-order valence-corrected chi connectivity index (χ0v) is 8.06. The molecule has 6 heteroatoms. The Labute approximate surface area is 82.1 Å². The summed E-state index contributed by atoms with van der Waals surface area (Å²) in [5.41, 5.74) is 5.25. The van der Waals surface area contributed by atoms with Crippen molar-refractivity contribution in [2.45, 2.75) is 19.4 Å². The van der Waals surface area contributed by atoms with E-state index >= 15 is 0 Å². The van der Waals surface area contributed by atoms with Crippen molar-refractivity contribution in [1.29, 1.82) is 0 Å². The number of aliphatic carboxylic acids is 1. The molecule has 14 heavy (non-hydrogen) atoms. The Hall–Kier alpha value is -1.14. The van der Waals surface area contributed by atoms with E-state index < -0.39 is 12.1 Å². The van der Waals surface area contributed by atoms with Gasteiger partial charge in [-0.3, -0.25) is 4.79 Å². The number of carbonyl (C=O) groups excluding carboxylic acids is 1. The number of hydrogen-bond donors (Lipinski definition) is 4. The summed E-state index contributed by atoms with van der Waals surface area (Å²) in [4.78, 5) is 21.4. The maximum atomic E-state index is 11.2. The van der Waals surface area contributed by atoms with Crippen LogP contribution in [-0.4, -0.2) is 41.3 Å². The van der Waals surface area contributed by atoms with Gasteiger partial charge in [-0.1, -0.05) is 6.92 Å². The molecule has 1 amide bonds. The first kappa shape index (κ1) is 12.9. The molecule has 0 aromatic carbocycles. The number of aliphatic hydroxyl groups is 1. The van der Waals surface area contributed by atoms with E-state index in [0.29, 0.717) is 13.0 Å². The minimum absolute atomic E-state index is 0.263. The first-order chi connectivity index (χ1) is 6.49. The number of nitrogens with two attached hydrogens (primary N) is 1. The lowest BCUT2D eigenvalue weighted by Crippen LogP contribution is -2.39. The van der Waals surface area contributed by atoms with Gasteiger partial charge in [0, 0.05) is 5.92 Å². The second-order valence-electron chi connectivity index (χ2n) is 3.08. The van der Waals surface area contributed by atoms with Crippen LogP contribution in [-0.2, 0) is 9.59 Å². The number of nitrogens with one attached hydrogen (secondary N) is 1. The van der Waals surface area contributed by atoms with Gasteiger partial charge in [-0.2, -0.15) is 0 Å². The van der Waals surface area contributed by atoms with E-state index in [1.165, 1.54) is 0 Å². The highest BCUT2D eigenvalue weighted by Gasteiger charge is 2.16. The summed E-state index contributed by atoms with van der Waals surface area (Å²) in [6.45, 7) is 1.81. The maximum absolute atomic E-state index is 11.2. The molecule has 0 saturated heterocycles. The van der Waals surface area contributed by atoms with Gasteiger partial charge in [0.05, 0.1) is 6.54 Å². The fourth-order valence-corrected chi connectivity index (χ4v) is 0.840. The second kappa shape index (κ2) is 6.33. The molecule has 82 valence electrons. The van der Waals surface area contributed by atoms with Crippen LogP contribution in [0, 0.1) is 5.92 Å². The lowest BCUT2D eigenvalue weighted by molar-refractivity contribution is -0.146. The molecule has 2 atom stereocenters. The van der Waals surface area contributed by atoms with Gasteiger partial charge in [-0.05, 0) is 13.0 Å². The quantitative estimate of drug-likeness (QED) is 0.422. The van der Waals surface area contributed by atoms with Crippen molar-refractivity contribution < 1.29 is 19.8 Å². The van der Waals surface area contributed by atoms with Crippen molar-refractivity contribution in [3.63, 3.8) is 0 Å².